The SMILES string of the molecule is COCO[C@@H]([C@H](C)[C@@H](CO[Si](c1ccccc1)(c1ccccc1)C(C)(C)C)OCOCc1ccccc1)[C@H](C)CC(=O)OC. The zero-order valence-corrected chi connectivity index (χ0v) is 28.4. The van der Waals surface area contributed by atoms with Gasteiger partial charge < -0.3 is 28.1 Å². The van der Waals surface area contributed by atoms with Crippen molar-refractivity contribution < 1.29 is 32.9 Å². The third kappa shape index (κ3) is 9.57. The first-order chi connectivity index (χ1) is 21.1. The largest absolute Gasteiger partial charge is 0.469 e. The normalized spacial score (nSPS) is 14.9. The van der Waals surface area contributed by atoms with Crippen LogP contribution < -0.4 is 10.4 Å². The lowest BCUT2D eigenvalue weighted by atomic mass is 9.87. The maximum absolute atomic E-state index is 12.2. The van der Waals surface area contributed by atoms with Crippen molar-refractivity contribution in [3.63, 3.8) is 0 Å². The van der Waals surface area contributed by atoms with Gasteiger partial charge in [0.1, 0.15) is 13.6 Å². The Morgan fingerprint density at radius 3 is 1.82 bits per heavy atom. The summed E-state index contributed by atoms with van der Waals surface area (Å²) in [7, 11) is 0.150. The lowest BCUT2D eigenvalue weighted by Crippen LogP contribution is -2.67. The topological polar surface area (TPSA) is 72.5 Å². The Bertz CT molecular complexity index is 1180. The van der Waals surface area contributed by atoms with E-state index < -0.39 is 14.4 Å². The van der Waals surface area contributed by atoms with Gasteiger partial charge in [-0.2, -0.15) is 0 Å². The lowest BCUT2D eigenvalue weighted by molar-refractivity contribution is -0.169. The Morgan fingerprint density at radius 2 is 1.32 bits per heavy atom. The molecule has 0 radical (unpaired) electrons. The highest BCUT2D eigenvalue weighted by atomic mass is 28.4. The number of ether oxygens (including phenoxy) is 5. The van der Waals surface area contributed by atoms with Gasteiger partial charge in [-0.05, 0) is 26.9 Å². The van der Waals surface area contributed by atoms with Gasteiger partial charge in [-0.15, -0.1) is 0 Å². The molecule has 4 atom stereocenters. The second-order valence-corrected chi connectivity index (χ2v) is 16.6. The molecule has 0 saturated heterocycles. The predicted molar refractivity (Wildman–Crippen MR) is 176 cm³/mol. The molecule has 0 aliphatic heterocycles. The van der Waals surface area contributed by atoms with E-state index in [1.807, 2.05) is 49.4 Å². The first-order valence-corrected chi connectivity index (χ1v) is 17.2. The number of benzene rings is 3. The molecule has 8 heteroatoms. The van der Waals surface area contributed by atoms with E-state index in [9.17, 15) is 4.79 Å². The van der Waals surface area contributed by atoms with E-state index in [1.165, 1.54) is 17.5 Å². The van der Waals surface area contributed by atoms with Gasteiger partial charge in [0, 0.05) is 13.0 Å². The summed E-state index contributed by atoms with van der Waals surface area (Å²) in [6, 6.07) is 31.1. The van der Waals surface area contributed by atoms with Gasteiger partial charge in [-0.3, -0.25) is 4.79 Å². The van der Waals surface area contributed by atoms with Crippen LogP contribution in [-0.4, -0.2) is 60.9 Å². The number of carbonyl (C=O) groups is 1. The number of rotatable bonds is 18. The van der Waals surface area contributed by atoms with Gasteiger partial charge in [0.15, 0.2) is 0 Å². The standard InChI is InChI=1S/C36H50O7Si/c1-28(23-34(37)39-7)35(42-26-38-6)29(2)33(41-27-40-24-30-17-11-8-12-18-30)25-43-44(36(3,4)5,31-19-13-9-14-20-31)32-21-15-10-16-22-32/h8-22,28-29,33,35H,23-27H2,1-7H3/t28-,29-,33-,35-/m1/s1. The molecular formula is C36H50O7Si. The minimum atomic E-state index is -2.84. The molecule has 7 nitrogen and oxygen atoms in total. The van der Waals surface area contributed by atoms with Crippen LogP contribution in [0.15, 0.2) is 91.0 Å². The van der Waals surface area contributed by atoms with Crippen LogP contribution >= 0.6 is 0 Å². The van der Waals surface area contributed by atoms with Gasteiger partial charge in [0.2, 0.25) is 0 Å². The summed E-state index contributed by atoms with van der Waals surface area (Å²) >= 11 is 0. The Kier molecular flexibility index (Phi) is 14.2. The fourth-order valence-corrected chi connectivity index (χ4v) is 10.4. The maximum atomic E-state index is 12.2. The third-order valence-corrected chi connectivity index (χ3v) is 13.1. The molecule has 240 valence electrons. The fourth-order valence-electron chi connectivity index (χ4n) is 5.84. The molecule has 0 amide bonds. The number of methoxy groups -OCH3 is 2. The van der Waals surface area contributed by atoms with Crippen LogP contribution in [0, 0.1) is 11.8 Å². The van der Waals surface area contributed by atoms with Gasteiger partial charge >= 0.3 is 5.97 Å². The molecule has 0 spiro atoms. The van der Waals surface area contributed by atoms with E-state index >= 15 is 0 Å². The highest BCUT2D eigenvalue weighted by Crippen LogP contribution is 2.37. The van der Waals surface area contributed by atoms with Crippen LogP contribution in [0.4, 0.5) is 0 Å². The molecule has 0 heterocycles. The van der Waals surface area contributed by atoms with Gasteiger partial charge in [-0.25, -0.2) is 0 Å². The molecule has 0 N–H and O–H groups in total. The minimum Gasteiger partial charge on any atom is -0.469 e. The Hall–Kier alpha value is -2.85. The average Bonchev–Trinajstić information content (AvgIpc) is 3.03. The first-order valence-electron chi connectivity index (χ1n) is 15.3. The molecule has 0 aliphatic rings. The number of hydrogen-bond donors (Lipinski definition) is 0. The van der Waals surface area contributed by atoms with E-state index in [0.29, 0.717) is 13.2 Å². The van der Waals surface area contributed by atoms with Crippen molar-refractivity contribution in [1.82, 2.24) is 0 Å². The quantitative estimate of drug-likeness (QED) is 0.0752. The lowest BCUT2D eigenvalue weighted by Gasteiger charge is -2.44. The van der Waals surface area contributed by atoms with E-state index in [4.69, 9.17) is 28.1 Å². The fraction of sp³-hybridized carbons (Fsp3) is 0.472. The summed E-state index contributed by atoms with van der Waals surface area (Å²) in [6.07, 6.45) is -0.563. The zero-order chi connectivity index (χ0) is 32.0. The van der Waals surface area contributed by atoms with Crippen molar-refractivity contribution in [3.05, 3.63) is 96.6 Å². The third-order valence-electron chi connectivity index (χ3n) is 8.12. The van der Waals surface area contributed by atoms with Crippen molar-refractivity contribution in [2.45, 2.75) is 64.9 Å². The van der Waals surface area contributed by atoms with Crippen LogP contribution in [0.2, 0.25) is 5.04 Å². The van der Waals surface area contributed by atoms with Crippen molar-refractivity contribution in [2.75, 3.05) is 34.4 Å². The number of hydrogen-bond acceptors (Lipinski definition) is 7. The molecule has 0 aromatic heterocycles. The summed E-state index contributed by atoms with van der Waals surface area (Å²) in [4.78, 5) is 12.2. The van der Waals surface area contributed by atoms with Crippen molar-refractivity contribution >= 4 is 24.7 Å². The van der Waals surface area contributed by atoms with Crippen molar-refractivity contribution in [2.24, 2.45) is 11.8 Å². The monoisotopic (exact) mass is 622 g/mol. The van der Waals surface area contributed by atoms with E-state index in [1.54, 1.807) is 7.11 Å². The van der Waals surface area contributed by atoms with Crippen LogP contribution in [0.5, 0.6) is 0 Å². The molecule has 3 rings (SSSR count). The highest BCUT2D eigenvalue weighted by Gasteiger charge is 2.51. The molecular weight excluding hydrogens is 572 g/mol. The second-order valence-electron chi connectivity index (χ2n) is 12.3. The Morgan fingerprint density at radius 1 is 0.773 bits per heavy atom. The molecule has 3 aromatic carbocycles. The predicted octanol–water partition coefficient (Wildman–Crippen LogP) is 5.95. The highest BCUT2D eigenvalue weighted by molar-refractivity contribution is 6.99. The zero-order valence-electron chi connectivity index (χ0n) is 27.4. The number of carbonyl (C=O) groups excluding carboxylic acids is 1. The van der Waals surface area contributed by atoms with Crippen LogP contribution in [-0.2, 0) is 39.5 Å². The molecule has 0 bridgehead atoms. The smallest absolute Gasteiger partial charge is 0.305 e. The summed E-state index contributed by atoms with van der Waals surface area (Å²) in [5.74, 6) is -0.622. The van der Waals surface area contributed by atoms with Crippen LogP contribution in [0.3, 0.4) is 0 Å². The summed E-state index contributed by atoms with van der Waals surface area (Å²) in [5, 5.41) is 2.19. The molecule has 0 fully saturated rings. The molecule has 0 unspecified atom stereocenters. The van der Waals surface area contributed by atoms with Crippen molar-refractivity contribution in [1.29, 1.82) is 0 Å². The minimum absolute atomic E-state index is 0.0798. The summed E-state index contributed by atoms with van der Waals surface area (Å²) < 4.78 is 36.2. The second kappa shape index (κ2) is 17.6. The number of esters is 1. The molecule has 3 aromatic rings. The average molecular weight is 623 g/mol. The van der Waals surface area contributed by atoms with Gasteiger partial charge in [0.05, 0.1) is 39.0 Å². The maximum Gasteiger partial charge on any atom is 0.305 e. The first kappa shape index (κ1) is 35.6. The summed E-state index contributed by atoms with van der Waals surface area (Å²) in [6.45, 7) is 11.7. The van der Waals surface area contributed by atoms with Crippen LogP contribution in [0.1, 0.15) is 46.6 Å². The van der Waals surface area contributed by atoms with Gasteiger partial charge in [0.25, 0.3) is 8.32 Å². The van der Waals surface area contributed by atoms with E-state index in [0.717, 1.165) is 5.56 Å². The summed E-state index contributed by atoms with van der Waals surface area (Å²) in [5.41, 5.74) is 1.07. The van der Waals surface area contributed by atoms with E-state index in [2.05, 4.69) is 76.2 Å². The molecule has 0 aliphatic carbocycles. The Labute approximate surface area is 264 Å². The Balaban J connectivity index is 1.95. The molecule has 44 heavy (non-hydrogen) atoms. The van der Waals surface area contributed by atoms with Gasteiger partial charge in [-0.1, -0.05) is 126 Å². The van der Waals surface area contributed by atoms with Crippen molar-refractivity contribution in [3.8, 4) is 0 Å². The molecule has 0 saturated carbocycles. The van der Waals surface area contributed by atoms with Crippen LogP contribution in [0.25, 0.3) is 0 Å². The van der Waals surface area contributed by atoms with E-state index in [-0.39, 0.29) is 49.0 Å².